The Hall–Kier alpha value is -2.15. The number of nitro benzene ring substituents is 1. The van der Waals surface area contributed by atoms with E-state index >= 15 is 0 Å². The highest BCUT2D eigenvalue weighted by Gasteiger charge is 2.06. The lowest BCUT2D eigenvalue weighted by Crippen LogP contribution is -2.11. The monoisotopic (exact) mass is 255 g/mol. The van der Waals surface area contributed by atoms with E-state index in [2.05, 4.69) is 4.74 Å². The zero-order valence-corrected chi connectivity index (χ0v) is 9.83. The topological polar surface area (TPSA) is 87.9 Å². The van der Waals surface area contributed by atoms with E-state index in [1.54, 1.807) is 0 Å². The minimum Gasteiger partial charge on any atom is -0.432 e. The van der Waals surface area contributed by atoms with Gasteiger partial charge in [0.15, 0.2) is 0 Å². The fourth-order valence-electron chi connectivity index (χ4n) is 1.11. The molecule has 0 heterocycles. The smallest absolute Gasteiger partial charge is 0.432 e. The highest BCUT2D eigenvalue weighted by molar-refractivity contribution is 5.59. The predicted octanol–water partition coefficient (Wildman–Crippen LogP) is 1.89. The summed E-state index contributed by atoms with van der Waals surface area (Å²) in [5.74, 6) is 0. The van der Waals surface area contributed by atoms with Crippen molar-refractivity contribution in [2.75, 3.05) is 20.3 Å². The number of benzene rings is 1. The van der Waals surface area contributed by atoms with Crippen LogP contribution in [0.1, 0.15) is 5.56 Å². The molecule has 98 valence electrons. The molecule has 0 saturated heterocycles. The van der Waals surface area contributed by atoms with Gasteiger partial charge in [0.05, 0.1) is 11.5 Å². The Morgan fingerprint density at radius 2 is 1.89 bits per heavy atom. The quantitative estimate of drug-likeness (QED) is 0.334. The van der Waals surface area contributed by atoms with Crippen molar-refractivity contribution in [3.05, 3.63) is 39.9 Å². The van der Waals surface area contributed by atoms with Gasteiger partial charge in [0, 0.05) is 19.2 Å². The van der Waals surface area contributed by atoms with Crippen LogP contribution in [0.25, 0.3) is 0 Å². The number of hydrogen-bond donors (Lipinski definition) is 0. The summed E-state index contributed by atoms with van der Waals surface area (Å²) in [5, 5.41) is 10.4. The van der Waals surface area contributed by atoms with E-state index in [-0.39, 0.29) is 18.9 Å². The molecular formula is C11H13NO6. The summed E-state index contributed by atoms with van der Waals surface area (Å²) >= 11 is 0. The maximum atomic E-state index is 11.1. The number of rotatable bonds is 6. The number of nitrogens with zero attached hydrogens (tertiary/aromatic N) is 1. The molecule has 1 aromatic carbocycles. The van der Waals surface area contributed by atoms with Gasteiger partial charge in [-0.25, -0.2) is 4.79 Å². The Kier molecular flexibility index (Phi) is 5.59. The molecule has 7 nitrogen and oxygen atoms in total. The van der Waals surface area contributed by atoms with E-state index in [0.717, 1.165) is 0 Å². The molecule has 0 atom stereocenters. The summed E-state index contributed by atoms with van der Waals surface area (Å²) in [7, 11) is 1.49. The zero-order chi connectivity index (χ0) is 13.4. The molecule has 0 amide bonds. The van der Waals surface area contributed by atoms with Crippen molar-refractivity contribution in [2.45, 2.75) is 6.61 Å². The van der Waals surface area contributed by atoms with Crippen molar-refractivity contribution in [1.82, 2.24) is 0 Å². The van der Waals surface area contributed by atoms with Gasteiger partial charge in [-0.05, 0) is 17.7 Å². The third-order valence-electron chi connectivity index (χ3n) is 2.01. The highest BCUT2D eigenvalue weighted by Crippen LogP contribution is 2.12. The van der Waals surface area contributed by atoms with Crippen molar-refractivity contribution < 1.29 is 23.9 Å². The van der Waals surface area contributed by atoms with Gasteiger partial charge in [0.2, 0.25) is 0 Å². The molecule has 0 aliphatic carbocycles. The van der Waals surface area contributed by atoms with E-state index < -0.39 is 11.1 Å². The lowest BCUT2D eigenvalue weighted by atomic mass is 10.2. The molecule has 18 heavy (non-hydrogen) atoms. The summed E-state index contributed by atoms with van der Waals surface area (Å²) < 4.78 is 14.2. The van der Waals surface area contributed by atoms with Crippen LogP contribution in [0.15, 0.2) is 24.3 Å². The molecule has 0 saturated carbocycles. The number of carbonyl (C=O) groups excluding carboxylic acids is 1. The molecule has 0 N–H and O–H groups in total. The summed E-state index contributed by atoms with van der Waals surface area (Å²) in [6.45, 7) is 0.423. The normalized spacial score (nSPS) is 9.83. The minimum atomic E-state index is -0.801. The van der Waals surface area contributed by atoms with E-state index in [4.69, 9.17) is 9.47 Å². The summed E-state index contributed by atoms with van der Waals surface area (Å²) in [6, 6.07) is 5.71. The average molecular weight is 255 g/mol. The van der Waals surface area contributed by atoms with Gasteiger partial charge in [0.1, 0.15) is 13.2 Å². The molecule has 0 bridgehead atoms. The summed E-state index contributed by atoms with van der Waals surface area (Å²) in [6.07, 6.45) is -0.801. The van der Waals surface area contributed by atoms with E-state index in [1.807, 2.05) is 0 Å². The molecule has 0 unspecified atom stereocenters. The van der Waals surface area contributed by atoms with Gasteiger partial charge < -0.3 is 14.2 Å². The van der Waals surface area contributed by atoms with Crippen molar-refractivity contribution >= 4 is 11.8 Å². The fraction of sp³-hybridized carbons (Fsp3) is 0.364. The molecule has 0 fully saturated rings. The predicted molar refractivity (Wildman–Crippen MR) is 61.1 cm³/mol. The van der Waals surface area contributed by atoms with E-state index in [9.17, 15) is 14.9 Å². The number of hydrogen-bond acceptors (Lipinski definition) is 6. The lowest BCUT2D eigenvalue weighted by molar-refractivity contribution is -0.384. The van der Waals surface area contributed by atoms with Crippen LogP contribution in [0.2, 0.25) is 0 Å². The van der Waals surface area contributed by atoms with Crippen molar-refractivity contribution in [3.8, 4) is 0 Å². The molecule has 0 spiro atoms. The largest absolute Gasteiger partial charge is 0.508 e. The first kappa shape index (κ1) is 13.9. The molecule has 0 aromatic heterocycles. The number of carbonyl (C=O) groups is 1. The summed E-state index contributed by atoms with van der Waals surface area (Å²) in [5.41, 5.74) is 0.630. The van der Waals surface area contributed by atoms with Crippen LogP contribution >= 0.6 is 0 Å². The van der Waals surface area contributed by atoms with Crippen LogP contribution in [0.3, 0.4) is 0 Å². The van der Waals surface area contributed by atoms with Gasteiger partial charge in [0.25, 0.3) is 5.69 Å². The summed E-state index contributed by atoms with van der Waals surface area (Å²) in [4.78, 5) is 21.0. The molecule has 7 heteroatoms. The van der Waals surface area contributed by atoms with E-state index in [1.165, 1.54) is 31.4 Å². The van der Waals surface area contributed by atoms with Crippen LogP contribution in [0, 0.1) is 10.1 Å². The minimum absolute atomic E-state index is 0.00378. The van der Waals surface area contributed by atoms with Crippen LogP contribution in [0.4, 0.5) is 10.5 Å². The van der Waals surface area contributed by atoms with Crippen molar-refractivity contribution in [3.63, 3.8) is 0 Å². The first-order valence-corrected chi connectivity index (χ1v) is 5.15. The Bertz CT molecular complexity index is 402. The second kappa shape index (κ2) is 7.23. The molecule has 0 radical (unpaired) electrons. The average Bonchev–Trinajstić information content (AvgIpc) is 2.37. The van der Waals surface area contributed by atoms with Gasteiger partial charge in [-0.3, -0.25) is 10.1 Å². The first-order valence-electron chi connectivity index (χ1n) is 5.15. The second-order valence-electron chi connectivity index (χ2n) is 3.30. The Morgan fingerprint density at radius 3 is 2.44 bits per heavy atom. The Morgan fingerprint density at radius 1 is 1.22 bits per heavy atom. The van der Waals surface area contributed by atoms with Crippen LogP contribution in [-0.4, -0.2) is 31.4 Å². The van der Waals surface area contributed by atoms with Crippen LogP contribution < -0.4 is 0 Å². The van der Waals surface area contributed by atoms with Crippen molar-refractivity contribution in [1.29, 1.82) is 0 Å². The molecule has 0 aliphatic heterocycles. The third kappa shape index (κ3) is 4.79. The molecule has 1 aromatic rings. The number of ether oxygens (including phenoxy) is 3. The van der Waals surface area contributed by atoms with Gasteiger partial charge in [-0.1, -0.05) is 0 Å². The number of methoxy groups -OCH3 is 1. The van der Waals surface area contributed by atoms with Crippen molar-refractivity contribution in [2.24, 2.45) is 0 Å². The van der Waals surface area contributed by atoms with Gasteiger partial charge in [-0.2, -0.15) is 0 Å². The SMILES string of the molecule is COCCOC(=O)OCc1ccc([N+](=O)[O-])cc1. The van der Waals surface area contributed by atoms with Gasteiger partial charge in [-0.15, -0.1) is 0 Å². The van der Waals surface area contributed by atoms with Crippen LogP contribution in [-0.2, 0) is 20.8 Å². The Balaban J connectivity index is 2.34. The standard InChI is InChI=1S/C11H13NO6/c1-16-6-7-17-11(13)18-8-9-2-4-10(5-3-9)12(14)15/h2-5H,6-8H2,1H3. The highest BCUT2D eigenvalue weighted by atomic mass is 16.7. The first-order chi connectivity index (χ1) is 8.63. The molecule has 1 rings (SSSR count). The number of non-ortho nitro benzene ring substituents is 1. The second-order valence-corrected chi connectivity index (χ2v) is 3.30. The van der Waals surface area contributed by atoms with Gasteiger partial charge >= 0.3 is 6.16 Å². The maximum absolute atomic E-state index is 11.1. The third-order valence-corrected chi connectivity index (χ3v) is 2.01. The fourth-order valence-corrected chi connectivity index (χ4v) is 1.11. The van der Waals surface area contributed by atoms with E-state index in [0.29, 0.717) is 12.2 Å². The molecular weight excluding hydrogens is 242 g/mol. The lowest BCUT2D eigenvalue weighted by Gasteiger charge is -2.05. The van der Waals surface area contributed by atoms with Crippen LogP contribution in [0.5, 0.6) is 0 Å². The maximum Gasteiger partial charge on any atom is 0.508 e. The Labute approximate surface area is 103 Å². The zero-order valence-electron chi connectivity index (χ0n) is 9.83. The number of nitro groups is 1. The molecule has 0 aliphatic rings.